The summed E-state index contributed by atoms with van der Waals surface area (Å²) in [6, 6.07) is 17.4. The molecule has 8 heteroatoms. The molecule has 0 atom stereocenters. The van der Waals surface area contributed by atoms with E-state index in [-0.39, 0.29) is 12.1 Å². The van der Waals surface area contributed by atoms with E-state index in [0.717, 1.165) is 30.3 Å². The number of likely N-dealkylation sites (tertiary alicyclic amines) is 1. The molecular weight excluding hydrogens is 426 g/mol. The maximum atomic E-state index is 13.1. The Hall–Kier alpha value is -3.00. The standard InChI is InChI=1S/C24H24ClN5O2/c25-19-8-6-18(7-9-19)15-28-12-10-24(32,11-13-28)16-29-17-26-22-21(23(29)31)14-27-30(22)20-4-2-1-3-5-20/h1-9,14,17,32H,10-13,15-16H2. The van der Waals surface area contributed by atoms with Crippen LogP contribution in [0, 0.1) is 0 Å². The van der Waals surface area contributed by atoms with Gasteiger partial charge in [-0.2, -0.15) is 5.10 Å². The molecule has 164 valence electrons. The third-order valence-corrected chi connectivity index (χ3v) is 6.38. The first kappa shape index (κ1) is 20.9. The Kier molecular flexibility index (Phi) is 5.55. The van der Waals surface area contributed by atoms with E-state index in [2.05, 4.69) is 15.0 Å². The molecule has 0 radical (unpaired) electrons. The SMILES string of the molecule is O=c1c2cnn(-c3ccccc3)c2ncn1CC1(O)CCN(Cc2ccc(Cl)cc2)CC1. The van der Waals surface area contributed by atoms with Crippen LogP contribution >= 0.6 is 11.6 Å². The highest BCUT2D eigenvalue weighted by atomic mass is 35.5. The molecule has 2 aromatic carbocycles. The minimum absolute atomic E-state index is 0.186. The number of hydrogen-bond donors (Lipinski definition) is 1. The van der Waals surface area contributed by atoms with Crippen molar-refractivity contribution in [1.29, 1.82) is 0 Å². The van der Waals surface area contributed by atoms with E-state index in [1.807, 2.05) is 54.6 Å². The average Bonchev–Trinajstić information content (AvgIpc) is 3.24. The van der Waals surface area contributed by atoms with Gasteiger partial charge in [0.1, 0.15) is 11.7 Å². The fourth-order valence-corrected chi connectivity index (χ4v) is 4.40. The monoisotopic (exact) mass is 449 g/mol. The maximum Gasteiger partial charge on any atom is 0.264 e. The summed E-state index contributed by atoms with van der Waals surface area (Å²) in [7, 11) is 0. The lowest BCUT2D eigenvalue weighted by Gasteiger charge is -2.38. The van der Waals surface area contributed by atoms with Crippen LogP contribution < -0.4 is 5.56 Å². The molecule has 2 aromatic heterocycles. The second-order valence-corrected chi connectivity index (χ2v) is 8.87. The van der Waals surface area contributed by atoms with E-state index >= 15 is 0 Å². The summed E-state index contributed by atoms with van der Waals surface area (Å²) in [5.41, 5.74) is 1.43. The molecule has 1 aliphatic rings. The van der Waals surface area contributed by atoms with Crippen LogP contribution in [0.2, 0.25) is 5.02 Å². The van der Waals surface area contributed by atoms with Crippen LogP contribution in [0.5, 0.6) is 0 Å². The Labute approximate surface area is 190 Å². The number of halogens is 1. The number of aromatic nitrogens is 4. The maximum absolute atomic E-state index is 13.1. The summed E-state index contributed by atoms with van der Waals surface area (Å²) < 4.78 is 3.17. The fourth-order valence-electron chi connectivity index (χ4n) is 4.27. The number of para-hydroxylation sites is 1. The quantitative estimate of drug-likeness (QED) is 0.506. The molecule has 32 heavy (non-hydrogen) atoms. The first-order valence-corrected chi connectivity index (χ1v) is 11.1. The minimum Gasteiger partial charge on any atom is -0.388 e. The van der Waals surface area contributed by atoms with Gasteiger partial charge in [0, 0.05) is 24.7 Å². The normalized spacial score (nSPS) is 16.4. The predicted octanol–water partition coefficient (Wildman–Crippen LogP) is 3.26. The molecule has 0 saturated carbocycles. The van der Waals surface area contributed by atoms with Crippen molar-refractivity contribution in [2.75, 3.05) is 13.1 Å². The number of fused-ring (bicyclic) bond motifs is 1. The predicted molar refractivity (Wildman–Crippen MR) is 124 cm³/mol. The molecule has 0 spiro atoms. The third-order valence-electron chi connectivity index (χ3n) is 6.13. The molecule has 0 amide bonds. The summed E-state index contributed by atoms with van der Waals surface area (Å²) in [5, 5.41) is 16.7. The van der Waals surface area contributed by atoms with Gasteiger partial charge in [-0.25, -0.2) is 9.67 Å². The lowest BCUT2D eigenvalue weighted by atomic mass is 9.91. The van der Waals surface area contributed by atoms with Crippen molar-refractivity contribution in [2.45, 2.75) is 31.5 Å². The fraction of sp³-hybridized carbons (Fsp3) is 0.292. The molecule has 7 nitrogen and oxygen atoms in total. The topological polar surface area (TPSA) is 76.2 Å². The Morgan fingerprint density at radius 3 is 2.47 bits per heavy atom. The second-order valence-electron chi connectivity index (χ2n) is 8.43. The zero-order valence-electron chi connectivity index (χ0n) is 17.6. The third kappa shape index (κ3) is 4.19. The van der Waals surface area contributed by atoms with Gasteiger partial charge in [-0.3, -0.25) is 14.3 Å². The number of aliphatic hydroxyl groups is 1. The first-order valence-electron chi connectivity index (χ1n) is 10.7. The molecule has 1 saturated heterocycles. The van der Waals surface area contributed by atoms with Crippen LogP contribution in [-0.4, -0.2) is 48.0 Å². The van der Waals surface area contributed by atoms with Crippen LogP contribution in [0.15, 0.2) is 71.9 Å². The zero-order valence-corrected chi connectivity index (χ0v) is 18.3. The molecule has 0 unspecified atom stereocenters. The molecule has 1 fully saturated rings. The van der Waals surface area contributed by atoms with Crippen molar-refractivity contribution in [2.24, 2.45) is 0 Å². The van der Waals surface area contributed by atoms with Gasteiger partial charge in [-0.1, -0.05) is 41.9 Å². The molecule has 1 N–H and O–H groups in total. The largest absolute Gasteiger partial charge is 0.388 e. The lowest BCUT2D eigenvalue weighted by Crippen LogP contribution is -2.47. The Balaban J connectivity index is 1.30. The van der Waals surface area contributed by atoms with Crippen molar-refractivity contribution in [1.82, 2.24) is 24.2 Å². The summed E-state index contributed by atoms with van der Waals surface area (Å²) in [5.74, 6) is 0. The molecular formula is C24H24ClN5O2. The van der Waals surface area contributed by atoms with Gasteiger partial charge in [-0.05, 0) is 42.7 Å². The van der Waals surface area contributed by atoms with Crippen molar-refractivity contribution in [3.8, 4) is 5.69 Å². The average molecular weight is 450 g/mol. The Morgan fingerprint density at radius 1 is 1.03 bits per heavy atom. The molecule has 1 aliphatic heterocycles. The van der Waals surface area contributed by atoms with E-state index in [0.29, 0.717) is 23.9 Å². The lowest BCUT2D eigenvalue weighted by molar-refractivity contribution is -0.0364. The molecule has 3 heterocycles. The van der Waals surface area contributed by atoms with E-state index in [4.69, 9.17) is 11.6 Å². The van der Waals surface area contributed by atoms with Gasteiger partial charge >= 0.3 is 0 Å². The van der Waals surface area contributed by atoms with Crippen LogP contribution in [0.4, 0.5) is 0 Å². The molecule has 4 aromatic rings. The number of hydrogen-bond acceptors (Lipinski definition) is 5. The van der Waals surface area contributed by atoms with Crippen LogP contribution in [0.1, 0.15) is 18.4 Å². The van der Waals surface area contributed by atoms with Crippen LogP contribution in [0.3, 0.4) is 0 Å². The summed E-state index contributed by atoms with van der Waals surface area (Å²) in [4.78, 5) is 19.9. The van der Waals surface area contributed by atoms with Gasteiger partial charge in [-0.15, -0.1) is 0 Å². The van der Waals surface area contributed by atoms with Gasteiger partial charge in [0.15, 0.2) is 5.65 Å². The van der Waals surface area contributed by atoms with Crippen molar-refractivity contribution >= 4 is 22.6 Å². The summed E-state index contributed by atoms with van der Waals surface area (Å²) in [6.07, 6.45) is 4.25. The van der Waals surface area contributed by atoms with Crippen molar-refractivity contribution in [3.63, 3.8) is 0 Å². The molecule has 0 bridgehead atoms. The summed E-state index contributed by atoms with van der Waals surface area (Å²) >= 11 is 5.97. The number of benzene rings is 2. The van der Waals surface area contributed by atoms with E-state index < -0.39 is 5.60 Å². The highest BCUT2D eigenvalue weighted by Crippen LogP contribution is 2.25. The van der Waals surface area contributed by atoms with Crippen molar-refractivity contribution < 1.29 is 5.11 Å². The second kappa shape index (κ2) is 8.50. The van der Waals surface area contributed by atoms with E-state index in [9.17, 15) is 9.90 Å². The van der Waals surface area contributed by atoms with Gasteiger partial charge < -0.3 is 5.11 Å². The van der Waals surface area contributed by atoms with Crippen LogP contribution in [-0.2, 0) is 13.1 Å². The van der Waals surface area contributed by atoms with Gasteiger partial charge in [0.05, 0.1) is 24.0 Å². The van der Waals surface area contributed by atoms with Gasteiger partial charge in [0.25, 0.3) is 5.56 Å². The Bertz CT molecular complexity index is 1280. The smallest absolute Gasteiger partial charge is 0.264 e. The minimum atomic E-state index is -0.939. The van der Waals surface area contributed by atoms with Gasteiger partial charge in [0.2, 0.25) is 0 Å². The van der Waals surface area contributed by atoms with Crippen LogP contribution in [0.25, 0.3) is 16.7 Å². The zero-order chi connectivity index (χ0) is 22.1. The highest BCUT2D eigenvalue weighted by molar-refractivity contribution is 6.30. The van der Waals surface area contributed by atoms with E-state index in [1.54, 1.807) is 10.9 Å². The Morgan fingerprint density at radius 2 is 1.75 bits per heavy atom. The van der Waals surface area contributed by atoms with Crippen molar-refractivity contribution in [3.05, 3.63) is 88.1 Å². The molecule has 0 aliphatic carbocycles. The number of nitrogens with zero attached hydrogens (tertiary/aromatic N) is 5. The highest BCUT2D eigenvalue weighted by Gasteiger charge is 2.33. The van der Waals surface area contributed by atoms with E-state index in [1.165, 1.54) is 16.5 Å². The summed E-state index contributed by atoms with van der Waals surface area (Å²) in [6.45, 7) is 2.56. The molecule has 5 rings (SSSR count). The number of piperidine rings is 1. The number of rotatable bonds is 5. The first-order chi connectivity index (χ1) is 15.5.